The van der Waals surface area contributed by atoms with Gasteiger partial charge in [0.15, 0.2) is 11.6 Å². The zero-order valence-corrected chi connectivity index (χ0v) is 12.0. The molecule has 4 nitrogen and oxygen atoms in total. The fraction of sp³-hybridized carbons (Fsp3) is 0.200. The van der Waals surface area contributed by atoms with Gasteiger partial charge in [0.2, 0.25) is 5.91 Å². The van der Waals surface area contributed by atoms with E-state index in [0.29, 0.717) is 18.2 Å². The maximum atomic E-state index is 13.7. The Labute approximate surface area is 129 Å². The molecule has 0 radical (unpaired) electrons. The number of halogens is 3. The average molecular weight is 325 g/mol. The van der Waals surface area contributed by atoms with Gasteiger partial charge in [0.25, 0.3) is 0 Å². The van der Waals surface area contributed by atoms with Crippen LogP contribution in [-0.4, -0.2) is 16.3 Å². The van der Waals surface area contributed by atoms with Gasteiger partial charge in [0.05, 0.1) is 16.4 Å². The third-order valence-electron chi connectivity index (χ3n) is 3.60. The number of hydrogen-bond acceptors (Lipinski definition) is 2. The standard InChI is InChI=1S/C15H11ClF2N2O2/c16-9-6-8(17)7-10(18)14(9)19-15(22)12-3-4-13(21)11-2-1-5-20(11)12/h1-2,5-7,12H,3-4H2,(H,19,22). The smallest absolute Gasteiger partial charge is 0.247 e. The fourth-order valence-corrected chi connectivity index (χ4v) is 2.80. The Morgan fingerprint density at radius 1 is 1.36 bits per heavy atom. The van der Waals surface area contributed by atoms with E-state index in [1.165, 1.54) is 0 Å². The van der Waals surface area contributed by atoms with E-state index in [4.69, 9.17) is 11.6 Å². The third-order valence-corrected chi connectivity index (χ3v) is 3.90. The summed E-state index contributed by atoms with van der Waals surface area (Å²) in [5, 5.41) is 2.16. The summed E-state index contributed by atoms with van der Waals surface area (Å²) in [6, 6.07) is 4.24. The predicted octanol–water partition coefficient (Wildman–Crippen LogP) is 3.58. The van der Waals surface area contributed by atoms with Crippen LogP contribution in [0.4, 0.5) is 14.5 Å². The van der Waals surface area contributed by atoms with Crippen molar-refractivity contribution in [1.29, 1.82) is 0 Å². The number of aromatic nitrogens is 1. The molecule has 0 fully saturated rings. The van der Waals surface area contributed by atoms with E-state index in [2.05, 4.69) is 5.32 Å². The highest BCUT2D eigenvalue weighted by Crippen LogP contribution is 2.30. The van der Waals surface area contributed by atoms with Crippen LogP contribution in [0.5, 0.6) is 0 Å². The van der Waals surface area contributed by atoms with Crippen LogP contribution in [0.2, 0.25) is 5.02 Å². The molecule has 1 aliphatic heterocycles. The second-order valence-corrected chi connectivity index (χ2v) is 5.42. The van der Waals surface area contributed by atoms with Gasteiger partial charge in [-0.25, -0.2) is 8.78 Å². The first-order valence-electron chi connectivity index (χ1n) is 6.63. The van der Waals surface area contributed by atoms with Crippen molar-refractivity contribution >= 4 is 29.0 Å². The lowest BCUT2D eigenvalue weighted by atomic mass is 10.0. The van der Waals surface area contributed by atoms with Gasteiger partial charge in [0, 0.05) is 18.7 Å². The topological polar surface area (TPSA) is 51.1 Å². The van der Waals surface area contributed by atoms with Crippen molar-refractivity contribution in [3.63, 3.8) is 0 Å². The van der Waals surface area contributed by atoms with Crippen LogP contribution in [0.1, 0.15) is 29.4 Å². The number of carbonyl (C=O) groups is 2. The van der Waals surface area contributed by atoms with Gasteiger partial charge in [-0.2, -0.15) is 0 Å². The van der Waals surface area contributed by atoms with Crippen LogP contribution in [0, 0.1) is 11.6 Å². The molecule has 0 spiro atoms. The van der Waals surface area contributed by atoms with E-state index in [1.807, 2.05) is 0 Å². The summed E-state index contributed by atoms with van der Waals surface area (Å²) in [7, 11) is 0. The quantitative estimate of drug-likeness (QED) is 0.918. The monoisotopic (exact) mass is 324 g/mol. The molecule has 7 heteroatoms. The highest BCUT2D eigenvalue weighted by atomic mass is 35.5. The second kappa shape index (κ2) is 5.53. The van der Waals surface area contributed by atoms with Gasteiger partial charge in [-0.05, 0) is 24.6 Å². The lowest BCUT2D eigenvalue weighted by Crippen LogP contribution is -2.31. The Morgan fingerprint density at radius 2 is 2.14 bits per heavy atom. The molecule has 0 saturated carbocycles. The van der Waals surface area contributed by atoms with Crippen molar-refractivity contribution in [3.8, 4) is 0 Å². The molecule has 1 aliphatic rings. The highest BCUT2D eigenvalue weighted by molar-refractivity contribution is 6.33. The number of nitrogens with zero attached hydrogens (tertiary/aromatic N) is 1. The molecule has 0 bridgehead atoms. The number of amides is 1. The molecule has 2 aromatic rings. The lowest BCUT2D eigenvalue weighted by molar-refractivity contribution is -0.119. The maximum absolute atomic E-state index is 13.7. The van der Waals surface area contributed by atoms with E-state index in [9.17, 15) is 18.4 Å². The van der Waals surface area contributed by atoms with Crippen LogP contribution >= 0.6 is 11.6 Å². The first-order chi connectivity index (χ1) is 10.5. The van der Waals surface area contributed by atoms with Crippen molar-refractivity contribution in [3.05, 3.63) is 52.8 Å². The van der Waals surface area contributed by atoms with Crippen LogP contribution in [-0.2, 0) is 4.79 Å². The lowest BCUT2D eigenvalue weighted by Gasteiger charge is -2.24. The third kappa shape index (κ3) is 2.50. The first kappa shape index (κ1) is 14.7. The summed E-state index contributed by atoms with van der Waals surface area (Å²) in [5.74, 6) is -2.31. The van der Waals surface area contributed by atoms with Crippen LogP contribution in [0.25, 0.3) is 0 Å². The fourth-order valence-electron chi connectivity index (χ4n) is 2.56. The van der Waals surface area contributed by atoms with Crippen molar-refractivity contribution in [2.75, 3.05) is 5.32 Å². The molecule has 22 heavy (non-hydrogen) atoms. The summed E-state index contributed by atoms with van der Waals surface area (Å²) in [6.45, 7) is 0. The molecule has 2 heterocycles. The van der Waals surface area contributed by atoms with Gasteiger partial charge in [-0.3, -0.25) is 9.59 Å². The Balaban J connectivity index is 1.88. The van der Waals surface area contributed by atoms with Crippen molar-refractivity contribution in [1.82, 2.24) is 4.57 Å². The van der Waals surface area contributed by atoms with E-state index < -0.39 is 23.6 Å². The first-order valence-corrected chi connectivity index (χ1v) is 7.00. The van der Waals surface area contributed by atoms with Crippen molar-refractivity contribution in [2.45, 2.75) is 18.9 Å². The number of Topliss-reactive ketones (excluding diaryl/α,β-unsaturated/α-hetero) is 1. The number of benzene rings is 1. The molecule has 1 amide bonds. The summed E-state index contributed by atoms with van der Waals surface area (Å²) >= 11 is 5.76. The summed E-state index contributed by atoms with van der Waals surface area (Å²) in [5.41, 5.74) is 0.177. The molecule has 1 atom stereocenters. The zero-order valence-electron chi connectivity index (χ0n) is 11.3. The molecule has 1 aromatic heterocycles. The average Bonchev–Trinajstić information content (AvgIpc) is 2.93. The molecule has 1 unspecified atom stereocenters. The van der Waals surface area contributed by atoms with Gasteiger partial charge in [-0.1, -0.05) is 11.6 Å². The minimum Gasteiger partial charge on any atom is -0.333 e. The van der Waals surface area contributed by atoms with Crippen molar-refractivity contribution in [2.24, 2.45) is 0 Å². The van der Waals surface area contributed by atoms with E-state index in [1.54, 1.807) is 22.9 Å². The SMILES string of the molecule is O=C1CCC(C(=O)Nc2c(F)cc(F)cc2Cl)n2cccc21. The number of fused-ring (bicyclic) bond motifs is 1. The normalized spacial score (nSPS) is 17.2. The van der Waals surface area contributed by atoms with E-state index >= 15 is 0 Å². The number of anilines is 1. The number of nitrogens with one attached hydrogen (secondary N) is 1. The predicted molar refractivity (Wildman–Crippen MR) is 77.0 cm³/mol. The molecule has 3 rings (SSSR count). The molecule has 1 N–H and O–H groups in total. The molecule has 0 aliphatic carbocycles. The summed E-state index contributed by atoms with van der Waals surface area (Å²) in [6.07, 6.45) is 2.17. The zero-order chi connectivity index (χ0) is 15.9. The summed E-state index contributed by atoms with van der Waals surface area (Å²) < 4.78 is 28.3. The minimum absolute atomic E-state index is 0.0416. The van der Waals surface area contributed by atoms with E-state index in [-0.39, 0.29) is 22.9 Å². The van der Waals surface area contributed by atoms with Gasteiger partial charge in [-0.15, -0.1) is 0 Å². The Bertz CT molecular complexity index is 750. The van der Waals surface area contributed by atoms with Gasteiger partial charge >= 0.3 is 0 Å². The van der Waals surface area contributed by atoms with Gasteiger partial charge < -0.3 is 9.88 Å². The number of ketones is 1. The highest BCUT2D eigenvalue weighted by Gasteiger charge is 2.30. The minimum atomic E-state index is -0.946. The van der Waals surface area contributed by atoms with Crippen molar-refractivity contribution < 1.29 is 18.4 Å². The molecular formula is C15H11ClF2N2O2. The van der Waals surface area contributed by atoms with Crippen LogP contribution < -0.4 is 5.32 Å². The second-order valence-electron chi connectivity index (χ2n) is 5.01. The number of hydrogen-bond donors (Lipinski definition) is 1. The Kier molecular flexibility index (Phi) is 3.70. The van der Waals surface area contributed by atoms with Crippen LogP contribution in [0.15, 0.2) is 30.5 Å². The van der Waals surface area contributed by atoms with Crippen LogP contribution in [0.3, 0.4) is 0 Å². The Hall–Kier alpha value is -2.21. The number of carbonyl (C=O) groups excluding carboxylic acids is 2. The largest absolute Gasteiger partial charge is 0.333 e. The molecule has 1 aromatic carbocycles. The van der Waals surface area contributed by atoms with E-state index in [0.717, 1.165) is 6.07 Å². The summed E-state index contributed by atoms with van der Waals surface area (Å²) in [4.78, 5) is 24.1. The maximum Gasteiger partial charge on any atom is 0.247 e. The Morgan fingerprint density at radius 3 is 2.86 bits per heavy atom. The van der Waals surface area contributed by atoms with Gasteiger partial charge in [0.1, 0.15) is 11.9 Å². The molecule has 0 saturated heterocycles. The molecule has 114 valence electrons. The molecular weight excluding hydrogens is 314 g/mol. The number of rotatable bonds is 2.